The van der Waals surface area contributed by atoms with Crippen LogP contribution in [0.15, 0.2) is 42.5 Å². The minimum atomic E-state index is -0.0648. The summed E-state index contributed by atoms with van der Waals surface area (Å²) in [5.41, 5.74) is 3.86. The minimum absolute atomic E-state index is 0.0648. The molecule has 0 bridgehead atoms. The van der Waals surface area contributed by atoms with Crippen LogP contribution < -0.4 is 4.74 Å². The number of aldehydes is 1. The first-order valence-electron chi connectivity index (χ1n) is 7.80. The van der Waals surface area contributed by atoms with Crippen LogP contribution in [-0.4, -0.2) is 26.8 Å². The monoisotopic (exact) mass is 330 g/mol. The van der Waals surface area contributed by atoms with Crippen LogP contribution in [0.1, 0.15) is 34.0 Å². The van der Waals surface area contributed by atoms with Gasteiger partial charge in [0, 0.05) is 19.8 Å². The Kier molecular flexibility index (Phi) is 8.76. The Labute approximate surface area is 144 Å². The molecule has 0 radical (unpaired) electrons. The van der Waals surface area contributed by atoms with Gasteiger partial charge in [0.25, 0.3) is 0 Å². The minimum Gasteiger partial charge on any atom is -0.489 e. The van der Waals surface area contributed by atoms with E-state index in [-0.39, 0.29) is 6.29 Å². The molecule has 0 aliphatic rings. The Hall–Kier alpha value is -2.17. The van der Waals surface area contributed by atoms with E-state index < -0.39 is 0 Å². The van der Waals surface area contributed by atoms with Crippen LogP contribution >= 0.6 is 0 Å². The highest BCUT2D eigenvalue weighted by Crippen LogP contribution is 2.20. The Morgan fingerprint density at radius 2 is 1.71 bits per heavy atom. The Morgan fingerprint density at radius 1 is 1.04 bits per heavy atom. The molecule has 2 rings (SSSR count). The van der Waals surface area contributed by atoms with Crippen LogP contribution in [0, 0.1) is 13.8 Å². The first kappa shape index (κ1) is 19.9. The molecule has 0 N–H and O–H groups in total. The van der Waals surface area contributed by atoms with Gasteiger partial charge in [0.15, 0.2) is 6.29 Å². The summed E-state index contributed by atoms with van der Waals surface area (Å²) >= 11 is 0. The molecule has 0 aliphatic heterocycles. The predicted molar refractivity (Wildman–Crippen MR) is 95.6 cm³/mol. The van der Waals surface area contributed by atoms with Crippen molar-refractivity contribution >= 4 is 6.29 Å². The second kappa shape index (κ2) is 10.6. The van der Waals surface area contributed by atoms with Crippen molar-refractivity contribution < 1.29 is 19.0 Å². The number of hydrogen-bond acceptors (Lipinski definition) is 4. The van der Waals surface area contributed by atoms with Crippen LogP contribution in [-0.2, 0) is 16.1 Å². The van der Waals surface area contributed by atoms with Gasteiger partial charge in [0.05, 0.1) is 0 Å². The molecule has 4 heteroatoms. The molecule has 130 valence electrons. The fourth-order valence-corrected chi connectivity index (χ4v) is 1.90. The van der Waals surface area contributed by atoms with Gasteiger partial charge in [0.2, 0.25) is 0 Å². The average molecular weight is 330 g/mol. The van der Waals surface area contributed by atoms with Gasteiger partial charge < -0.3 is 14.2 Å². The highest BCUT2D eigenvalue weighted by Gasteiger charge is 2.04. The van der Waals surface area contributed by atoms with Crippen LogP contribution in [0.5, 0.6) is 5.75 Å². The molecule has 0 fully saturated rings. The quantitative estimate of drug-likeness (QED) is 0.584. The van der Waals surface area contributed by atoms with Gasteiger partial charge in [-0.15, -0.1) is 0 Å². The van der Waals surface area contributed by atoms with Crippen molar-refractivity contribution in [2.24, 2.45) is 0 Å². The molecule has 0 spiro atoms. The lowest BCUT2D eigenvalue weighted by atomic mass is 10.1. The van der Waals surface area contributed by atoms with Crippen molar-refractivity contribution in [3.63, 3.8) is 0 Å². The normalized spacial score (nSPS) is 10.1. The van der Waals surface area contributed by atoms with E-state index in [0.717, 1.165) is 23.2 Å². The third kappa shape index (κ3) is 6.52. The summed E-state index contributed by atoms with van der Waals surface area (Å²) in [7, 11) is 3.21. The zero-order chi connectivity index (χ0) is 17.9. The zero-order valence-electron chi connectivity index (χ0n) is 15.0. The Bertz CT molecular complexity index is 633. The number of aryl methyl sites for hydroxylation is 2. The van der Waals surface area contributed by atoms with Gasteiger partial charge in [-0.25, -0.2) is 0 Å². The lowest BCUT2D eigenvalue weighted by Crippen LogP contribution is -2.05. The van der Waals surface area contributed by atoms with Crippen LogP contribution in [0.25, 0.3) is 0 Å². The van der Waals surface area contributed by atoms with Crippen LogP contribution in [0.3, 0.4) is 0 Å². The molecule has 0 aromatic heterocycles. The fraction of sp³-hybridized carbons (Fsp3) is 0.350. The second-order valence-electron chi connectivity index (χ2n) is 5.41. The standard InChI is InChI=1S/C16H16O2.C4H10O2/c1-12-7-8-13(2)16(9-12)18-11-15-6-4-3-5-14(15)10-17;1-4(5-2)6-3/h3-10H,11H2,1-2H3;4H,1-3H3. The van der Waals surface area contributed by atoms with Crippen molar-refractivity contribution in [1.29, 1.82) is 0 Å². The van der Waals surface area contributed by atoms with Crippen molar-refractivity contribution in [3.8, 4) is 5.75 Å². The lowest BCUT2D eigenvalue weighted by molar-refractivity contribution is -0.0877. The molecule has 4 nitrogen and oxygen atoms in total. The SMILES string of the molecule is COC(C)OC.Cc1ccc(C)c(OCc2ccccc2C=O)c1. The maximum Gasteiger partial charge on any atom is 0.154 e. The van der Waals surface area contributed by atoms with Crippen molar-refractivity contribution in [1.82, 2.24) is 0 Å². The lowest BCUT2D eigenvalue weighted by Gasteiger charge is -2.11. The number of hydrogen-bond donors (Lipinski definition) is 0. The van der Waals surface area contributed by atoms with Crippen molar-refractivity contribution in [2.75, 3.05) is 14.2 Å². The van der Waals surface area contributed by atoms with Gasteiger partial charge in [-0.05, 0) is 43.5 Å². The van der Waals surface area contributed by atoms with Crippen molar-refractivity contribution in [2.45, 2.75) is 33.7 Å². The zero-order valence-corrected chi connectivity index (χ0v) is 15.0. The maximum absolute atomic E-state index is 10.9. The maximum atomic E-state index is 10.9. The summed E-state index contributed by atoms with van der Waals surface area (Å²) in [5, 5.41) is 0. The highest BCUT2D eigenvalue weighted by atomic mass is 16.7. The van der Waals surface area contributed by atoms with E-state index in [9.17, 15) is 4.79 Å². The first-order valence-corrected chi connectivity index (χ1v) is 7.80. The largest absolute Gasteiger partial charge is 0.489 e. The molecule has 0 unspecified atom stereocenters. The first-order chi connectivity index (χ1) is 11.5. The van der Waals surface area contributed by atoms with Gasteiger partial charge in [-0.1, -0.05) is 36.4 Å². The molecule has 0 saturated heterocycles. The van der Waals surface area contributed by atoms with Crippen LogP contribution in [0.4, 0.5) is 0 Å². The summed E-state index contributed by atoms with van der Waals surface area (Å²) in [4.78, 5) is 10.9. The number of rotatable bonds is 6. The van der Waals surface area contributed by atoms with Crippen LogP contribution in [0.2, 0.25) is 0 Å². The van der Waals surface area contributed by atoms with E-state index in [4.69, 9.17) is 4.74 Å². The Morgan fingerprint density at radius 3 is 2.29 bits per heavy atom. The Balaban J connectivity index is 0.000000413. The molecule has 24 heavy (non-hydrogen) atoms. The highest BCUT2D eigenvalue weighted by molar-refractivity contribution is 5.77. The fourth-order valence-electron chi connectivity index (χ4n) is 1.90. The van der Waals surface area contributed by atoms with E-state index in [1.807, 2.05) is 51.1 Å². The van der Waals surface area contributed by atoms with E-state index in [2.05, 4.69) is 15.5 Å². The third-order valence-corrected chi connectivity index (χ3v) is 3.57. The number of carbonyl (C=O) groups excluding carboxylic acids is 1. The summed E-state index contributed by atoms with van der Waals surface area (Å²) in [6.45, 7) is 6.30. The number of benzene rings is 2. The topological polar surface area (TPSA) is 44.8 Å². The smallest absolute Gasteiger partial charge is 0.154 e. The van der Waals surface area contributed by atoms with Gasteiger partial charge in [0.1, 0.15) is 18.6 Å². The molecule has 2 aromatic rings. The molecule has 0 atom stereocenters. The van der Waals surface area contributed by atoms with E-state index in [0.29, 0.717) is 12.2 Å². The van der Waals surface area contributed by atoms with Gasteiger partial charge in [-0.3, -0.25) is 4.79 Å². The van der Waals surface area contributed by atoms with E-state index >= 15 is 0 Å². The number of carbonyl (C=O) groups is 1. The third-order valence-electron chi connectivity index (χ3n) is 3.57. The second-order valence-corrected chi connectivity index (χ2v) is 5.41. The van der Waals surface area contributed by atoms with E-state index in [1.54, 1.807) is 20.3 Å². The summed E-state index contributed by atoms with van der Waals surface area (Å²) in [6.07, 6.45) is 0.798. The molecule has 0 saturated carbocycles. The van der Waals surface area contributed by atoms with E-state index in [1.165, 1.54) is 5.56 Å². The van der Waals surface area contributed by atoms with Gasteiger partial charge >= 0.3 is 0 Å². The molecular formula is C20H26O4. The molecular weight excluding hydrogens is 304 g/mol. The van der Waals surface area contributed by atoms with Crippen molar-refractivity contribution in [3.05, 3.63) is 64.7 Å². The van der Waals surface area contributed by atoms with Gasteiger partial charge in [-0.2, -0.15) is 0 Å². The molecule has 2 aromatic carbocycles. The summed E-state index contributed by atoms with van der Waals surface area (Å²) in [6, 6.07) is 13.6. The number of ether oxygens (including phenoxy) is 3. The summed E-state index contributed by atoms with van der Waals surface area (Å²) in [5.74, 6) is 0.871. The molecule has 0 heterocycles. The molecule has 0 amide bonds. The predicted octanol–water partition coefficient (Wildman–Crippen LogP) is 4.32. The average Bonchev–Trinajstić information content (AvgIpc) is 2.62. The summed E-state index contributed by atoms with van der Waals surface area (Å²) < 4.78 is 15.1. The molecule has 0 aliphatic carbocycles. The number of methoxy groups -OCH3 is 2.